The molecule has 0 bridgehead atoms. The Balaban J connectivity index is 1.40. The first kappa shape index (κ1) is 22.7. The number of nitrogens with one attached hydrogen (secondary N) is 2. The molecule has 176 valence electrons. The van der Waals surface area contributed by atoms with E-state index in [1.807, 2.05) is 43.3 Å². The molecule has 0 unspecified atom stereocenters. The van der Waals surface area contributed by atoms with Gasteiger partial charge in [-0.2, -0.15) is 0 Å². The number of fused-ring (bicyclic) bond motifs is 2. The molecule has 1 amide bonds. The number of amides is 1. The van der Waals surface area contributed by atoms with Gasteiger partial charge in [0.15, 0.2) is 0 Å². The fourth-order valence-corrected chi connectivity index (χ4v) is 4.60. The van der Waals surface area contributed by atoms with E-state index in [2.05, 4.69) is 53.6 Å². The van der Waals surface area contributed by atoms with Crippen LogP contribution in [0.4, 0.5) is 5.69 Å². The molecule has 5 nitrogen and oxygen atoms in total. The van der Waals surface area contributed by atoms with Gasteiger partial charge in [-0.25, -0.2) is 4.98 Å². The summed E-state index contributed by atoms with van der Waals surface area (Å²) in [6.45, 7) is 4.10. The average Bonchev–Trinajstić information content (AvgIpc) is 3.21. The highest BCUT2D eigenvalue weighted by Crippen LogP contribution is 2.32. The van der Waals surface area contributed by atoms with Crippen molar-refractivity contribution in [1.29, 1.82) is 0 Å². The van der Waals surface area contributed by atoms with Crippen molar-refractivity contribution in [3.05, 3.63) is 89.5 Å². The molecule has 0 aliphatic rings. The molecule has 0 saturated heterocycles. The topological polar surface area (TPSA) is 67.0 Å². The third kappa shape index (κ3) is 4.76. The van der Waals surface area contributed by atoms with Gasteiger partial charge in [-0.1, -0.05) is 42.0 Å². The van der Waals surface area contributed by atoms with Gasteiger partial charge in [0.25, 0.3) is 0 Å². The number of benzene rings is 3. The number of ether oxygens (including phenoxy) is 1. The molecule has 2 heterocycles. The van der Waals surface area contributed by atoms with Gasteiger partial charge in [-0.15, -0.1) is 0 Å². The molecular formula is C30H29N3O2. The van der Waals surface area contributed by atoms with Gasteiger partial charge < -0.3 is 15.0 Å². The first-order valence-electron chi connectivity index (χ1n) is 11.9. The van der Waals surface area contributed by atoms with Crippen LogP contribution in [0.3, 0.4) is 0 Å². The van der Waals surface area contributed by atoms with Crippen molar-refractivity contribution in [1.82, 2.24) is 9.97 Å². The number of hydrogen-bond acceptors (Lipinski definition) is 3. The largest absolute Gasteiger partial charge is 0.495 e. The minimum Gasteiger partial charge on any atom is -0.495 e. The van der Waals surface area contributed by atoms with Crippen LogP contribution in [0.25, 0.3) is 33.2 Å². The number of para-hydroxylation sites is 1. The second kappa shape index (κ2) is 9.63. The monoisotopic (exact) mass is 463 g/mol. The molecule has 5 heteroatoms. The Morgan fingerprint density at radius 2 is 1.77 bits per heavy atom. The zero-order valence-corrected chi connectivity index (χ0v) is 20.3. The first-order valence-corrected chi connectivity index (χ1v) is 11.9. The summed E-state index contributed by atoms with van der Waals surface area (Å²) in [5.41, 5.74) is 8.19. The minimum atomic E-state index is -0.0182. The van der Waals surface area contributed by atoms with Crippen molar-refractivity contribution in [2.24, 2.45) is 0 Å². The summed E-state index contributed by atoms with van der Waals surface area (Å²) in [4.78, 5) is 21.3. The quantitative estimate of drug-likeness (QED) is 0.274. The molecule has 5 aromatic rings. The molecular weight excluding hydrogens is 434 g/mol. The van der Waals surface area contributed by atoms with Crippen LogP contribution in [0.1, 0.15) is 29.5 Å². The van der Waals surface area contributed by atoms with Gasteiger partial charge in [0.2, 0.25) is 5.91 Å². The smallest absolute Gasteiger partial charge is 0.224 e. The number of H-pyrrole nitrogens is 1. The number of nitrogens with zero attached hydrogens (tertiary/aromatic N) is 1. The molecule has 35 heavy (non-hydrogen) atoms. The highest BCUT2D eigenvalue weighted by molar-refractivity contribution is 5.93. The van der Waals surface area contributed by atoms with E-state index in [1.54, 1.807) is 7.11 Å². The molecule has 0 saturated carbocycles. The van der Waals surface area contributed by atoms with Gasteiger partial charge >= 0.3 is 0 Å². The molecule has 2 aromatic heterocycles. The summed E-state index contributed by atoms with van der Waals surface area (Å²) in [5, 5.41) is 5.32. The van der Waals surface area contributed by atoms with Gasteiger partial charge in [-0.3, -0.25) is 4.79 Å². The van der Waals surface area contributed by atoms with Crippen LogP contribution in [0.5, 0.6) is 5.75 Å². The van der Waals surface area contributed by atoms with Crippen LogP contribution in [-0.2, 0) is 11.2 Å². The number of hydrogen-bond donors (Lipinski definition) is 2. The zero-order chi connectivity index (χ0) is 24.4. The van der Waals surface area contributed by atoms with E-state index < -0.39 is 0 Å². The van der Waals surface area contributed by atoms with E-state index in [-0.39, 0.29) is 5.91 Å². The maximum atomic E-state index is 12.8. The second-order valence-electron chi connectivity index (χ2n) is 9.02. The predicted octanol–water partition coefficient (Wildman–Crippen LogP) is 6.97. The maximum absolute atomic E-state index is 12.8. The molecule has 3 aromatic carbocycles. The number of aromatic amines is 1. The van der Waals surface area contributed by atoms with Crippen LogP contribution in [-0.4, -0.2) is 23.0 Å². The van der Waals surface area contributed by atoms with Crippen molar-refractivity contribution >= 4 is 33.4 Å². The van der Waals surface area contributed by atoms with Crippen molar-refractivity contribution < 1.29 is 9.53 Å². The van der Waals surface area contributed by atoms with Gasteiger partial charge in [0.1, 0.15) is 5.75 Å². The highest BCUT2D eigenvalue weighted by Gasteiger charge is 2.16. The lowest BCUT2D eigenvalue weighted by atomic mass is 10.0. The maximum Gasteiger partial charge on any atom is 0.224 e. The molecule has 0 aliphatic heterocycles. The molecule has 0 aliphatic carbocycles. The molecule has 0 fully saturated rings. The van der Waals surface area contributed by atoms with Crippen molar-refractivity contribution in [2.45, 2.75) is 33.1 Å². The standard InChI is InChI=1S/C30H29N3O2/c1-19-11-14-25-23(17-19)22(30(33-25)26-15-13-21-7-4-5-9-24(21)31-26)8-6-10-29(34)32-27-18-20(2)12-16-28(27)35-3/h4-5,7,9,11-18,33H,6,8,10H2,1-3H3,(H,32,34). The fourth-order valence-electron chi connectivity index (χ4n) is 4.60. The Hall–Kier alpha value is -4.12. The Morgan fingerprint density at radius 3 is 2.63 bits per heavy atom. The summed E-state index contributed by atoms with van der Waals surface area (Å²) < 4.78 is 5.39. The van der Waals surface area contributed by atoms with Gasteiger partial charge in [0, 0.05) is 22.7 Å². The second-order valence-corrected chi connectivity index (χ2v) is 9.02. The first-order chi connectivity index (χ1) is 17.0. The summed E-state index contributed by atoms with van der Waals surface area (Å²) >= 11 is 0. The lowest BCUT2D eigenvalue weighted by Gasteiger charge is -2.11. The summed E-state index contributed by atoms with van der Waals surface area (Å²) in [6, 6.07) is 24.6. The lowest BCUT2D eigenvalue weighted by molar-refractivity contribution is -0.116. The van der Waals surface area contributed by atoms with Crippen LogP contribution in [0, 0.1) is 13.8 Å². The SMILES string of the molecule is COc1ccc(C)cc1NC(=O)CCCc1c(-c2ccc3ccccc3n2)[nH]c2ccc(C)cc12. The Labute approximate surface area is 205 Å². The average molecular weight is 464 g/mol. The highest BCUT2D eigenvalue weighted by atomic mass is 16.5. The van der Waals surface area contributed by atoms with Crippen molar-refractivity contribution in [2.75, 3.05) is 12.4 Å². The van der Waals surface area contributed by atoms with E-state index in [4.69, 9.17) is 9.72 Å². The van der Waals surface area contributed by atoms with E-state index in [9.17, 15) is 4.79 Å². The van der Waals surface area contributed by atoms with Crippen LogP contribution in [0.2, 0.25) is 0 Å². The lowest BCUT2D eigenvalue weighted by Crippen LogP contribution is -2.12. The Bertz CT molecular complexity index is 1530. The number of aromatic nitrogens is 2. The van der Waals surface area contributed by atoms with Crippen molar-refractivity contribution in [3.63, 3.8) is 0 Å². The molecule has 0 radical (unpaired) electrons. The van der Waals surface area contributed by atoms with Crippen LogP contribution in [0.15, 0.2) is 72.8 Å². The Morgan fingerprint density at radius 1 is 0.971 bits per heavy atom. The number of rotatable bonds is 7. The minimum absolute atomic E-state index is 0.0182. The number of pyridine rings is 1. The fraction of sp³-hybridized carbons (Fsp3) is 0.200. The Kier molecular flexibility index (Phi) is 6.23. The van der Waals surface area contributed by atoms with E-state index in [1.165, 1.54) is 16.5 Å². The zero-order valence-electron chi connectivity index (χ0n) is 20.3. The number of carbonyl (C=O) groups excluding carboxylic acids is 1. The molecule has 2 N–H and O–H groups in total. The molecule has 0 atom stereocenters. The van der Waals surface area contributed by atoms with Crippen LogP contribution < -0.4 is 10.1 Å². The summed E-state index contributed by atoms with van der Waals surface area (Å²) in [6.07, 6.45) is 1.91. The van der Waals surface area contributed by atoms with Crippen LogP contribution >= 0.6 is 0 Å². The van der Waals surface area contributed by atoms with Gasteiger partial charge in [-0.05, 0) is 74.2 Å². The third-order valence-corrected chi connectivity index (χ3v) is 6.38. The number of aryl methyl sites for hydroxylation is 3. The van der Waals surface area contributed by atoms with E-state index in [0.29, 0.717) is 17.9 Å². The van der Waals surface area contributed by atoms with E-state index >= 15 is 0 Å². The van der Waals surface area contributed by atoms with Crippen molar-refractivity contribution in [3.8, 4) is 17.1 Å². The molecule has 0 spiro atoms. The van der Waals surface area contributed by atoms with Gasteiger partial charge in [0.05, 0.1) is 29.7 Å². The summed E-state index contributed by atoms with van der Waals surface area (Å²) in [5.74, 6) is 0.649. The number of methoxy groups -OCH3 is 1. The summed E-state index contributed by atoms with van der Waals surface area (Å²) in [7, 11) is 1.61. The number of carbonyl (C=O) groups is 1. The van der Waals surface area contributed by atoms with E-state index in [0.717, 1.165) is 46.2 Å². The third-order valence-electron chi connectivity index (χ3n) is 6.38. The molecule has 5 rings (SSSR count). The predicted molar refractivity (Wildman–Crippen MR) is 143 cm³/mol. The number of anilines is 1. The normalized spacial score (nSPS) is 11.2.